The number of epoxide rings is 1. The van der Waals surface area contributed by atoms with Crippen molar-refractivity contribution in [2.75, 3.05) is 26.2 Å². The molecule has 2 heterocycles. The summed E-state index contributed by atoms with van der Waals surface area (Å²) in [6.07, 6.45) is 2.89. The predicted octanol–water partition coefficient (Wildman–Crippen LogP) is 1.86. The Hall–Kier alpha value is -0.410. The van der Waals surface area contributed by atoms with Crippen molar-refractivity contribution in [1.29, 1.82) is 0 Å². The molecule has 3 nitrogen and oxygen atoms in total. The zero-order chi connectivity index (χ0) is 11.3. The van der Waals surface area contributed by atoms with Crippen molar-refractivity contribution in [3.63, 3.8) is 0 Å². The Kier molecular flexibility index (Phi) is 4.74. The molecule has 0 atom stereocenters. The summed E-state index contributed by atoms with van der Waals surface area (Å²) in [6, 6.07) is 0. The fourth-order valence-electron chi connectivity index (χ4n) is 1.87. The molecule has 0 aliphatic carbocycles. The average molecular weight is 213 g/mol. The molecule has 0 bridgehead atoms. The molecule has 0 aromatic carbocycles. The minimum atomic E-state index is 0.242. The lowest BCUT2D eigenvalue weighted by Gasteiger charge is -2.29. The maximum absolute atomic E-state index is 11.2. The monoisotopic (exact) mass is 213 g/mol. The maximum atomic E-state index is 11.2. The van der Waals surface area contributed by atoms with Crippen LogP contribution >= 0.6 is 0 Å². The Bertz CT molecular complexity index is 202. The quantitative estimate of drug-likeness (QED) is 0.671. The highest BCUT2D eigenvalue weighted by atomic mass is 16.6. The molecule has 2 saturated heterocycles. The number of rotatable bonds is 3. The number of hydrogen-bond donors (Lipinski definition) is 0. The van der Waals surface area contributed by atoms with Crippen LogP contribution < -0.4 is 0 Å². The molecule has 0 unspecified atom stereocenters. The Morgan fingerprint density at radius 2 is 1.87 bits per heavy atom. The summed E-state index contributed by atoms with van der Waals surface area (Å²) in [7, 11) is 0. The molecule has 88 valence electrons. The van der Waals surface area contributed by atoms with E-state index in [4.69, 9.17) is 4.74 Å². The van der Waals surface area contributed by atoms with Crippen molar-refractivity contribution < 1.29 is 9.53 Å². The van der Waals surface area contributed by atoms with E-state index in [0.717, 1.165) is 32.5 Å². The van der Waals surface area contributed by atoms with Crippen LogP contribution in [0.5, 0.6) is 0 Å². The molecule has 0 N–H and O–H groups in total. The van der Waals surface area contributed by atoms with Gasteiger partial charge < -0.3 is 4.74 Å². The number of carbonyl (C=O) groups is 1. The van der Waals surface area contributed by atoms with Crippen LogP contribution in [-0.4, -0.2) is 42.5 Å². The van der Waals surface area contributed by atoms with Crippen LogP contribution in [-0.2, 0) is 9.53 Å². The smallest absolute Gasteiger partial charge is 0.146 e. The van der Waals surface area contributed by atoms with Gasteiger partial charge in [-0.15, -0.1) is 0 Å². The maximum Gasteiger partial charge on any atom is 0.146 e. The second-order valence-corrected chi connectivity index (χ2v) is 4.14. The largest absolute Gasteiger partial charge is 0.369 e. The van der Waals surface area contributed by atoms with Crippen LogP contribution in [0.3, 0.4) is 0 Å². The van der Waals surface area contributed by atoms with Crippen LogP contribution in [0, 0.1) is 0 Å². The van der Waals surface area contributed by atoms with Crippen LogP contribution in [0.15, 0.2) is 0 Å². The van der Waals surface area contributed by atoms with Gasteiger partial charge in [-0.2, -0.15) is 0 Å². The van der Waals surface area contributed by atoms with E-state index in [9.17, 15) is 4.79 Å². The summed E-state index contributed by atoms with van der Waals surface area (Å²) in [5.74, 6) is 0.354. The minimum Gasteiger partial charge on any atom is -0.369 e. The topological polar surface area (TPSA) is 32.8 Å². The molecule has 15 heavy (non-hydrogen) atoms. The van der Waals surface area contributed by atoms with E-state index in [1.165, 1.54) is 0 Å². The first kappa shape index (κ1) is 12.7. The highest BCUT2D eigenvalue weighted by Gasteiger charge is 2.46. The van der Waals surface area contributed by atoms with E-state index in [2.05, 4.69) is 4.90 Å². The lowest BCUT2D eigenvalue weighted by molar-refractivity contribution is -0.120. The minimum absolute atomic E-state index is 0.242. The van der Waals surface area contributed by atoms with Crippen molar-refractivity contribution in [2.45, 2.75) is 45.6 Å². The van der Waals surface area contributed by atoms with E-state index < -0.39 is 0 Å². The summed E-state index contributed by atoms with van der Waals surface area (Å²) in [4.78, 5) is 13.4. The molecule has 0 aromatic rings. The molecule has 0 amide bonds. The fraction of sp³-hybridized carbons (Fsp3) is 0.917. The van der Waals surface area contributed by atoms with Gasteiger partial charge in [-0.3, -0.25) is 9.69 Å². The Morgan fingerprint density at radius 3 is 2.27 bits per heavy atom. The standard InChI is InChI=1S/C10H17NO2.C2H6/c1-2-9(12)7-11-5-3-10(4-6-11)8-13-10;1-2/h2-8H2,1H3;1-2H3. The number of Topliss-reactive ketones (excluding diaryl/α,β-unsaturated/α-hetero) is 1. The van der Waals surface area contributed by atoms with Gasteiger partial charge in [-0.05, 0) is 12.8 Å². The lowest BCUT2D eigenvalue weighted by Crippen LogP contribution is -2.40. The highest BCUT2D eigenvalue weighted by molar-refractivity contribution is 5.80. The zero-order valence-corrected chi connectivity index (χ0v) is 10.2. The summed E-state index contributed by atoms with van der Waals surface area (Å²) in [5.41, 5.74) is 0.242. The van der Waals surface area contributed by atoms with Crippen molar-refractivity contribution in [1.82, 2.24) is 4.90 Å². The molecule has 0 saturated carbocycles. The summed E-state index contributed by atoms with van der Waals surface area (Å²) in [5, 5.41) is 0. The second-order valence-electron chi connectivity index (χ2n) is 4.14. The van der Waals surface area contributed by atoms with Crippen LogP contribution in [0.25, 0.3) is 0 Å². The molecule has 2 fully saturated rings. The van der Waals surface area contributed by atoms with Gasteiger partial charge in [0.25, 0.3) is 0 Å². The third kappa shape index (κ3) is 3.58. The van der Waals surface area contributed by atoms with Crippen molar-refractivity contribution in [2.24, 2.45) is 0 Å². The Labute approximate surface area is 92.8 Å². The van der Waals surface area contributed by atoms with Crippen LogP contribution in [0.2, 0.25) is 0 Å². The molecule has 1 spiro atoms. The van der Waals surface area contributed by atoms with E-state index in [1.807, 2.05) is 20.8 Å². The lowest BCUT2D eigenvalue weighted by atomic mass is 9.97. The number of piperidine rings is 1. The molecule has 3 heteroatoms. The molecular formula is C12H23NO2. The van der Waals surface area contributed by atoms with Gasteiger partial charge in [-0.25, -0.2) is 0 Å². The molecular weight excluding hydrogens is 190 g/mol. The molecule has 2 aliphatic heterocycles. The van der Waals surface area contributed by atoms with Gasteiger partial charge in [-0.1, -0.05) is 20.8 Å². The average Bonchev–Trinajstić information content (AvgIpc) is 3.05. The number of ether oxygens (including phenoxy) is 1. The number of nitrogens with zero attached hydrogens (tertiary/aromatic N) is 1. The number of likely N-dealkylation sites (tertiary alicyclic amines) is 1. The number of hydrogen-bond acceptors (Lipinski definition) is 3. The van der Waals surface area contributed by atoms with Gasteiger partial charge in [0.2, 0.25) is 0 Å². The van der Waals surface area contributed by atoms with Gasteiger partial charge in [0.1, 0.15) is 5.78 Å². The highest BCUT2D eigenvalue weighted by Crippen LogP contribution is 2.37. The van der Waals surface area contributed by atoms with E-state index in [1.54, 1.807) is 0 Å². The first-order chi connectivity index (χ1) is 7.24. The third-order valence-corrected chi connectivity index (χ3v) is 3.11. The Morgan fingerprint density at radius 1 is 1.33 bits per heavy atom. The Balaban J connectivity index is 0.000000531. The summed E-state index contributed by atoms with van der Waals surface area (Å²) < 4.78 is 5.40. The van der Waals surface area contributed by atoms with Gasteiger partial charge in [0, 0.05) is 19.5 Å². The molecule has 2 rings (SSSR count). The van der Waals surface area contributed by atoms with Gasteiger partial charge in [0.05, 0.1) is 18.8 Å². The normalized spacial score (nSPS) is 23.1. The fourth-order valence-corrected chi connectivity index (χ4v) is 1.87. The van der Waals surface area contributed by atoms with Crippen molar-refractivity contribution in [3.05, 3.63) is 0 Å². The van der Waals surface area contributed by atoms with Crippen molar-refractivity contribution in [3.8, 4) is 0 Å². The summed E-state index contributed by atoms with van der Waals surface area (Å²) in [6.45, 7) is 9.59. The summed E-state index contributed by atoms with van der Waals surface area (Å²) >= 11 is 0. The molecule has 2 aliphatic rings. The zero-order valence-electron chi connectivity index (χ0n) is 10.2. The molecule has 0 radical (unpaired) electrons. The van der Waals surface area contributed by atoms with E-state index in [-0.39, 0.29) is 5.60 Å². The molecule has 0 aromatic heterocycles. The van der Waals surface area contributed by atoms with Crippen LogP contribution in [0.1, 0.15) is 40.0 Å². The van der Waals surface area contributed by atoms with E-state index >= 15 is 0 Å². The number of carbonyl (C=O) groups excluding carboxylic acids is 1. The predicted molar refractivity (Wildman–Crippen MR) is 61.0 cm³/mol. The first-order valence-electron chi connectivity index (χ1n) is 6.12. The SMILES string of the molecule is CC.CCC(=O)CN1CCC2(CC1)CO2. The van der Waals surface area contributed by atoms with E-state index in [0.29, 0.717) is 18.7 Å². The van der Waals surface area contributed by atoms with Crippen LogP contribution in [0.4, 0.5) is 0 Å². The van der Waals surface area contributed by atoms with Crippen molar-refractivity contribution >= 4 is 5.78 Å². The second kappa shape index (κ2) is 5.61. The van der Waals surface area contributed by atoms with Gasteiger partial charge >= 0.3 is 0 Å². The van der Waals surface area contributed by atoms with Gasteiger partial charge in [0.15, 0.2) is 0 Å². The first-order valence-corrected chi connectivity index (χ1v) is 6.12. The number of ketones is 1. The third-order valence-electron chi connectivity index (χ3n) is 3.11.